The van der Waals surface area contributed by atoms with Crippen molar-refractivity contribution in [3.05, 3.63) is 28.8 Å². The molecule has 1 aromatic carbocycles. The maximum atomic E-state index is 11.7. The standard InChI is InChI=1S/C13H13ClN2O2/c1-18-13(17)12(9-3-4-9)16-11-5-2-8(7-15)6-10(11)14/h2,5-6,9,12,16H,3-4H2,1H3. The zero-order chi connectivity index (χ0) is 13.1. The number of anilines is 1. The third-order valence-electron chi connectivity index (χ3n) is 2.96. The maximum Gasteiger partial charge on any atom is 0.328 e. The van der Waals surface area contributed by atoms with Gasteiger partial charge >= 0.3 is 5.97 Å². The highest BCUT2D eigenvalue weighted by atomic mass is 35.5. The number of hydrogen-bond acceptors (Lipinski definition) is 4. The second kappa shape index (κ2) is 5.28. The van der Waals surface area contributed by atoms with Crippen LogP contribution < -0.4 is 5.32 Å². The van der Waals surface area contributed by atoms with Crippen LogP contribution in [0.5, 0.6) is 0 Å². The molecular formula is C13H13ClN2O2. The molecule has 0 amide bonds. The summed E-state index contributed by atoms with van der Waals surface area (Å²) >= 11 is 6.06. The SMILES string of the molecule is COC(=O)C(Nc1ccc(C#N)cc1Cl)C1CC1. The van der Waals surface area contributed by atoms with E-state index in [9.17, 15) is 4.79 Å². The molecule has 2 rings (SSSR count). The summed E-state index contributed by atoms with van der Waals surface area (Å²) in [4.78, 5) is 11.7. The van der Waals surface area contributed by atoms with Crippen LogP contribution in [-0.2, 0) is 9.53 Å². The van der Waals surface area contributed by atoms with Gasteiger partial charge in [-0.3, -0.25) is 0 Å². The van der Waals surface area contributed by atoms with E-state index >= 15 is 0 Å². The van der Waals surface area contributed by atoms with E-state index in [0.717, 1.165) is 12.8 Å². The molecule has 5 heteroatoms. The van der Waals surface area contributed by atoms with Gasteiger partial charge in [0.05, 0.1) is 29.5 Å². The number of ether oxygens (including phenoxy) is 1. The lowest BCUT2D eigenvalue weighted by molar-refractivity contribution is -0.142. The van der Waals surface area contributed by atoms with E-state index < -0.39 is 0 Å². The normalized spacial score (nSPS) is 15.6. The van der Waals surface area contributed by atoms with E-state index in [-0.39, 0.29) is 12.0 Å². The maximum absolute atomic E-state index is 11.7. The summed E-state index contributed by atoms with van der Waals surface area (Å²) in [7, 11) is 1.37. The minimum atomic E-state index is -0.361. The monoisotopic (exact) mass is 264 g/mol. The molecule has 1 aliphatic rings. The molecule has 0 heterocycles. The fourth-order valence-corrected chi connectivity index (χ4v) is 2.03. The number of carbonyl (C=O) groups is 1. The first kappa shape index (κ1) is 12.7. The van der Waals surface area contributed by atoms with Gasteiger partial charge in [0.15, 0.2) is 0 Å². The summed E-state index contributed by atoms with van der Waals surface area (Å²) in [6.45, 7) is 0. The smallest absolute Gasteiger partial charge is 0.328 e. The highest BCUT2D eigenvalue weighted by Gasteiger charge is 2.37. The van der Waals surface area contributed by atoms with Gasteiger partial charge in [0.2, 0.25) is 0 Å². The van der Waals surface area contributed by atoms with Crippen molar-refractivity contribution in [3.63, 3.8) is 0 Å². The van der Waals surface area contributed by atoms with Crippen LogP contribution in [0.1, 0.15) is 18.4 Å². The molecule has 1 atom stereocenters. The van der Waals surface area contributed by atoms with Crippen LogP contribution in [0.2, 0.25) is 5.02 Å². The summed E-state index contributed by atoms with van der Waals surface area (Å²) in [5, 5.41) is 12.3. The average molecular weight is 265 g/mol. The number of hydrogen-bond donors (Lipinski definition) is 1. The van der Waals surface area contributed by atoms with Crippen LogP contribution in [0.3, 0.4) is 0 Å². The molecule has 1 aromatic rings. The summed E-state index contributed by atoms with van der Waals surface area (Å²) in [5.74, 6) is 0.0297. The second-order valence-electron chi connectivity index (χ2n) is 4.29. The molecule has 0 bridgehead atoms. The Balaban J connectivity index is 2.16. The summed E-state index contributed by atoms with van der Waals surface area (Å²) < 4.78 is 4.77. The van der Waals surface area contributed by atoms with Gasteiger partial charge in [0.1, 0.15) is 6.04 Å². The van der Waals surface area contributed by atoms with Crippen LogP contribution >= 0.6 is 11.6 Å². The van der Waals surface area contributed by atoms with Crippen LogP contribution in [-0.4, -0.2) is 19.1 Å². The Morgan fingerprint density at radius 2 is 2.33 bits per heavy atom. The van der Waals surface area contributed by atoms with Gasteiger partial charge in [-0.1, -0.05) is 11.6 Å². The van der Waals surface area contributed by atoms with Crippen molar-refractivity contribution in [2.24, 2.45) is 5.92 Å². The number of nitriles is 1. The second-order valence-corrected chi connectivity index (χ2v) is 4.70. The van der Waals surface area contributed by atoms with Gasteiger partial charge in [0.25, 0.3) is 0 Å². The zero-order valence-electron chi connectivity index (χ0n) is 9.94. The molecule has 1 fully saturated rings. The molecule has 0 aliphatic heterocycles. The van der Waals surface area contributed by atoms with E-state index in [1.807, 2.05) is 6.07 Å². The Labute approximate surface area is 111 Å². The van der Waals surface area contributed by atoms with Gasteiger partial charge in [-0.2, -0.15) is 5.26 Å². The van der Waals surface area contributed by atoms with Crippen molar-refractivity contribution in [1.82, 2.24) is 0 Å². The first-order valence-electron chi connectivity index (χ1n) is 5.69. The zero-order valence-corrected chi connectivity index (χ0v) is 10.7. The van der Waals surface area contributed by atoms with Crippen molar-refractivity contribution in [3.8, 4) is 6.07 Å². The number of rotatable bonds is 4. The quantitative estimate of drug-likeness (QED) is 0.849. The Hall–Kier alpha value is -1.73. The molecule has 18 heavy (non-hydrogen) atoms. The van der Waals surface area contributed by atoms with Crippen molar-refractivity contribution in [2.45, 2.75) is 18.9 Å². The van der Waals surface area contributed by atoms with E-state index in [1.165, 1.54) is 7.11 Å². The Bertz CT molecular complexity index is 506. The lowest BCUT2D eigenvalue weighted by Crippen LogP contribution is -2.32. The lowest BCUT2D eigenvalue weighted by atomic mass is 10.1. The van der Waals surface area contributed by atoms with Gasteiger partial charge in [-0.25, -0.2) is 4.79 Å². The number of benzene rings is 1. The summed E-state index contributed by atoms with van der Waals surface area (Å²) in [6, 6.07) is 6.60. The van der Waals surface area contributed by atoms with Crippen LogP contribution in [0.15, 0.2) is 18.2 Å². The first-order valence-corrected chi connectivity index (χ1v) is 6.07. The lowest BCUT2D eigenvalue weighted by Gasteiger charge is -2.17. The molecule has 1 aliphatic carbocycles. The van der Waals surface area contributed by atoms with E-state index in [4.69, 9.17) is 21.6 Å². The third-order valence-corrected chi connectivity index (χ3v) is 3.27. The van der Waals surface area contributed by atoms with Gasteiger partial charge in [-0.15, -0.1) is 0 Å². The minimum Gasteiger partial charge on any atom is -0.467 e. The van der Waals surface area contributed by atoms with Gasteiger partial charge in [-0.05, 0) is 37.0 Å². The summed E-state index contributed by atoms with van der Waals surface area (Å²) in [5.41, 5.74) is 1.14. The predicted molar refractivity (Wildman–Crippen MR) is 68.3 cm³/mol. The average Bonchev–Trinajstić information content (AvgIpc) is 3.20. The van der Waals surface area contributed by atoms with Crippen molar-refractivity contribution in [1.29, 1.82) is 5.26 Å². The van der Waals surface area contributed by atoms with Gasteiger partial charge in [0, 0.05) is 0 Å². The molecule has 0 aromatic heterocycles. The molecule has 94 valence electrons. The highest BCUT2D eigenvalue weighted by Crippen LogP contribution is 2.36. The number of nitrogens with one attached hydrogen (secondary N) is 1. The van der Waals surface area contributed by atoms with E-state index in [2.05, 4.69) is 5.32 Å². The molecule has 0 radical (unpaired) electrons. The van der Waals surface area contributed by atoms with Crippen LogP contribution in [0.4, 0.5) is 5.69 Å². The number of carbonyl (C=O) groups excluding carboxylic acids is 1. The van der Waals surface area contributed by atoms with E-state index in [0.29, 0.717) is 22.2 Å². The Morgan fingerprint density at radius 1 is 1.61 bits per heavy atom. The van der Waals surface area contributed by atoms with Gasteiger partial charge < -0.3 is 10.1 Å². The Morgan fingerprint density at radius 3 is 2.83 bits per heavy atom. The number of halogens is 1. The molecule has 1 unspecified atom stereocenters. The number of esters is 1. The fraction of sp³-hybridized carbons (Fsp3) is 0.385. The molecule has 1 saturated carbocycles. The highest BCUT2D eigenvalue weighted by molar-refractivity contribution is 6.33. The largest absolute Gasteiger partial charge is 0.467 e. The third kappa shape index (κ3) is 2.74. The number of methoxy groups -OCH3 is 1. The van der Waals surface area contributed by atoms with Crippen LogP contribution in [0, 0.1) is 17.2 Å². The van der Waals surface area contributed by atoms with Crippen LogP contribution in [0.25, 0.3) is 0 Å². The molecular weight excluding hydrogens is 252 g/mol. The molecule has 4 nitrogen and oxygen atoms in total. The predicted octanol–water partition coefficient (Wildman–Crippen LogP) is 2.58. The topological polar surface area (TPSA) is 62.1 Å². The molecule has 1 N–H and O–H groups in total. The van der Waals surface area contributed by atoms with Crippen molar-refractivity contribution in [2.75, 3.05) is 12.4 Å². The Kier molecular flexibility index (Phi) is 3.73. The summed E-state index contributed by atoms with van der Waals surface area (Å²) in [6.07, 6.45) is 2.03. The fourth-order valence-electron chi connectivity index (χ4n) is 1.79. The van der Waals surface area contributed by atoms with E-state index in [1.54, 1.807) is 18.2 Å². The van der Waals surface area contributed by atoms with Crippen molar-refractivity contribution >= 4 is 23.3 Å². The first-order chi connectivity index (χ1) is 8.65. The number of nitrogens with zero attached hydrogens (tertiary/aromatic N) is 1. The minimum absolute atomic E-state index is 0.280. The van der Waals surface area contributed by atoms with Crippen molar-refractivity contribution < 1.29 is 9.53 Å². The molecule has 0 spiro atoms. The molecule has 0 saturated heterocycles.